The topological polar surface area (TPSA) is 78.3 Å². The lowest BCUT2D eigenvalue weighted by Gasteiger charge is -2.25. The van der Waals surface area contributed by atoms with Crippen LogP contribution in [-0.2, 0) is 19.4 Å². The summed E-state index contributed by atoms with van der Waals surface area (Å²) in [5.74, 6) is 2.77. The highest BCUT2D eigenvalue weighted by atomic mass is 35.5. The summed E-state index contributed by atoms with van der Waals surface area (Å²) in [6.07, 6.45) is 2.47. The molecule has 0 unspecified atom stereocenters. The number of ether oxygens (including phenoxy) is 2. The van der Waals surface area contributed by atoms with Crippen LogP contribution in [0, 0.1) is 0 Å². The summed E-state index contributed by atoms with van der Waals surface area (Å²) < 4.78 is 12.7. The third-order valence-corrected chi connectivity index (χ3v) is 4.64. The number of nitrogens with zero attached hydrogens (tertiary/aromatic N) is 3. The van der Waals surface area contributed by atoms with Crippen LogP contribution in [0.3, 0.4) is 0 Å². The van der Waals surface area contributed by atoms with Crippen molar-refractivity contribution in [2.45, 2.75) is 38.8 Å². The van der Waals surface area contributed by atoms with Crippen molar-refractivity contribution >= 4 is 17.5 Å². The fourth-order valence-corrected chi connectivity index (χ4v) is 3.39. The Kier molecular flexibility index (Phi) is 3.80. The van der Waals surface area contributed by atoms with Gasteiger partial charge in [-0.25, -0.2) is 0 Å². The number of carbonyl (C=O) groups is 1. The molecule has 0 spiro atoms. The molecule has 1 N–H and O–H groups in total. The summed E-state index contributed by atoms with van der Waals surface area (Å²) in [5.41, 5.74) is 0.467. The first-order chi connectivity index (χ1) is 11.7. The van der Waals surface area contributed by atoms with Crippen molar-refractivity contribution in [1.29, 1.82) is 0 Å². The second kappa shape index (κ2) is 5.98. The third kappa shape index (κ3) is 2.58. The SMILES string of the molecule is CCc1nnc2n1C[C@H](NC(=O)c1cc(Cl)c3c(c1)OCO3)CC2. The number of benzene rings is 1. The van der Waals surface area contributed by atoms with Crippen LogP contribution in [0.2, 0.25) is 5.02 Å². The van der Waals surface area contributed by atoms with E-state index in [1.54, 1.807) is 12.1 Å². The number of nitrogens with one attached hydrogen (secondary N) is 1. The Balaban J connectivity index is 1.50. The number of rotatable bonds is 3. The Morgan fingerprint density at radius 2 is 2.29 bits per heavy atom. The van der Waals surface area contributed by atoms with E-state index in [-0.39, 0.29) is 18.7 Å². The number of carbonyl (C=O) groups excluding carboxylic acids is 1. The molecule has 2 aliphatic heterocycles. The highest BCUT2D eigenvalue weighted by Gasteiger charge is 2.25. The first-order valence-corrected chi connectivity index (χ1v) is 8.34. The minimum absolute atomic E-state index is 0.0375. The van der Waals surface area contributed by atoms with E-state index in [1.807, 2.05) is 6.92 Å². The van der Waals surface area contributed by atoms with Crippen LogP contribution in [-0.4, -0.2) is 33.5 Å². The minimum Gasteiger partial charge on any atom is -0.454 e. The maximum absolute atomic E-state index is 12.6. The van der Waals surface area contributed by atoms with Crippen LogP contribution in [0.4, 0.5) is 0 Å². The smallest absolute Gasteiger partial charge is 0.251 e. The van der Waals surface area contributed by atoms with Crippen LogP contribution in [0.5, 0.6) is 11.5 Å². The van der Waals surface area contributed by atoms with Crippen molar-refractivity contribution in [1.82, 2.24) is 20.1 Å². The summed E-state index contributed by atoms with van der Waals surface area (Å²) in [6.45, 7) is 2.86. The number of aryl methyl sites for hydroxylation is 2. The molecule has 4 rings (SSSR count). The molecule has 24 heavy (non-hydrogen) atoms. The highest BCUT2D eigenvalue weighted by Crippen LogP contribution is 2.39. The normalized spacial score (nSPS) is 18.3. The number of halogens is 1. The summed E-state index contributed by atoms with van der Waals surface area (Å²) in [5, 5.41) is 11.8. The molecule has 0 radical (unpaired) electrons. The van der Waals surface area contributed by atoms with Gasteiger partial charge in [0.2, 0.25) is 6.79 Å². The minimum atomic E-state index is -0.172. The van der Waals surface area contributed by atoms with Crippen LogP contribution < -0.4 is 14.8 Å². The van der Waals surface area contributed by atoms with Crippen molar-refractivity contribution < 1.29 is 14.3 Å². The molecular weight excluding hydrogens is 332 g/mol. The zero-order chi connectivity index (χ0) is 16.7. The highest BCUT2D eigenvalue weighted by molar-refractivity contribution is 6.32. The lowest BCUT2D eigenvalue weighted by molar-refractivity contribution is 0.0927. The molecule has 2 aromatic rings. The van der Waals surface area contributed by atoms with Gasteiger partial charge in [-0.05, 0) is 18.6 Å². The molecule has 7 nitrogen and oxygen atoms in total. The van der Waals surface area contributed by atoms with E-state index in [0.717, 1.165) is 30.9 Å². The van der Waals surface area contributed by atoms with E-state index in [1.165, 1.54) is 0 Å². The largest absolute Gasteiger partial charge is 0.454 e. The van der Waals surface area contributed by atoms with E-state index in [9.17, 15) is 4.79 Å². The second-order valence-electron chi connectivity index (χ2n) is 5.90. The molecule has 0 fully saturated rings. The van der Waals surface area contributed by atoms with Gasteiger partial charge in [0.1, 0.15) is 11.6 Å². The number of aromatic nitrogens is 3. The quantitative estimate of drug-likeness (QED) is 0.917. The summed E-state index contributed by atoms with van der Waals surface area (Å²) in [4.78, 5) is 12.6. The van der Waals surface area contributed by atoms with Crippen molar-refractivity contribution in [3.63, 3.8) is 0 Å². The fraction of sp³-hybridized carbons (Fsp3) is 0.438. The molecule has 8 heteroatoms. The molecule has 1 aromatic carbocycles. The zero-order valence-corrected chi connectivity index (χ0v) is 14.0. The van der Waals surface area contributed by atoms with E-state index in [4.69, 9.17) is 21.1 Å². The zero-order valence-electron chi connectivity index (χ0n) is 13.2. The molecule has 2 aliphatic rings. The maximum Gasteiger partial charge on any atom is 0.251 e. The number of amides is 1. The standard InChI is InChI=1S/C16H17ClN4O3/c1-2-13-19-20-14-4-3-10(7-21(13)14)18-16(22)9-5-11(17)15-12(6-9)23-8-24-15/h5-6,10H,2-4,7-8H2,1H3,(H,18,22)/t10-/m1/s1. The number of hydrogen-bond acceptors (Lipinski definition) is 5. The Labute approximate surface area is 143 Å². The third-order valence-electron chi connectivity index (χ3n) is 4.36. The molecule has 0 aliphatic carbocycles. The average molecular weight is 349 g/mol. The Morgan fingerprint density at radius 1 is 1.42 bits per heavy atom. The van der Waals surface area contributed by atoms with Crippen molar-refractivity contribution in [2.24, 2.45) is 0 Å². The maximum atomic E-state index is 12.6. The first-order valence-electron chi connectivity index (χ1n) is 7.96. The average Bonchev–Trinajstić information content (AvgIpc) is 3.20. The van der Waals surface area contributed by atoms with E-state index in [0.29, 0.717) is 28.6 Å². The number of hydrogen-bond donors (Lipinski definition) is 1. The van der Waals surface area contributed by atoms with Gasteiger partial charge in [-0.15, -0.1) is 10.2 Å². The van der Waals surface area contributed by atoms with Gasteiger partial charge >= 0.3 is 0 Å². The molecule has 1 amide bonds. The first kappa shape index (κ1) is 15.3. The van der Waals surface area contributed by atoms with E-state index in [2.05, 4.69) is 20.1 Å². The summed E-state index contributed by atoms with van der Waals surface area (Å²) >= 11 is 6.15. The Hall–Kier alpha value is -2.28. The van der Waals surface area contributed by atoms with Gasteiger partial charge in [0.25, 0.3) is 5.91 Å². The van der Waals surface area contributed by atoms with Gasteiger partial charge in [-0.3, -0.25) is 4.79 Å². The second-order valence-corrected chi connectivity index (χ2v) is 6.30. The molecule has 126 valence electrons. The van der Waals surface area contributed by atoms with E-state index >= 15 is 0 Å². The molecule has 0 bridgehead atoms. The van der Waals surface area contributed by atoms with Crippen molar-refractivity contribution in [2.75, 3.05) is 6.79 Å². The predicted octanol–water partition coefficient (Wildman–Crippen LogP) is 1.97. The predicted molar refractivity (Wildman–Crippen MR) is 86.6 cm³/mol. The van der Waals surface area contributed by atoms with Crippen molar-refractivity contribution in [3.8, 4) is 11.5 Å². The lowest BCUT2D eigenvalue weighted by Crippen LogP contribution is -2.41. The Morgan fingerprint density at radius 3 is 3.12 bits per heavy atom. The van der Waals surface area contributed by atoms with Crippen LogP contribution in [0.15, 0.2) is 12.1 Å². The van der Waals surface area contributed by atoms with Gasteiger partial charge in [0.15, 0.2) is 11.5 Å². The molecule has 1 atom stereocenters. The van der Waals surface area contributed by atoms with Gasteiger partial charge < -0.3 is 19.4 Å². The fourth-order valence-electron chi connectivity index (χ4n) is 3.13. The van der Waals surface area contributed by atoms with Crippen LogP contribution in [0.1, 0.15) is 35.4 Å². The molecular formula is C16H17ClN4O3. The molecule has 3 heterocycles. The van der Waals surface area contributed by atoms with Crippen LogP contribution >= 0.6 is 11.6 Å². The van der Waals surface area contributed by atoms with Gasteiger partial charge in [0.05, 0.1) is 5.02 Å². The Bertz CT molecular complexity index is 791. The lowest BCUT2D eigenvalue weighted by atomic mass is 10.1. The molecule has 0 saturated carbocycles. The van der Waals surface area contributed by atoms with Crippen LogP contribution in [0.25, 0.3) is 0 Å². The van der Waals surface area contributed by atoms with Gasteiger partial charge in [0, 0.05) is 31.0 Å². The van der Waals surface area contributed by atoms with Crippen molar-refractivity contribution in [3.05, 3.63) is 34.4 Å². The van der Waals surface area contributed by atoms with Gasteiger partial charge in [-0.2, -0.15) is 0 Å². The van der Waals surface area contributed by atoms with E-state index < -0.39 is 0 Å². The van der Waals surface area contributed by atoms with Gasteiger partial charge in [-0.1, -0.05) is 18.5 Å². The molecule has 0 saturated heterocycles. The summed E-state index contributed by atoms with van der Waals surface area (Å²) in [7, 11) is 0. The number of fused-ring (bicyclic) bond motifs is 2. The molecule has 1 aromatic heterocycles. The monoisotopic (exact) mass is 348 g/mol. The summed E-state index contributed by atoms with van der Waals surface area (Å²) in [6, 6.07) is 3.30.